The molecule has 2 rings (SSSR count). The van der Waals surface area contributed by atoms with E-state index < -0.39 is 0 Å². The van der Waals surface area contributed by atoms with Crippen molar-refractivity contribution >= 4 is 23.5 Å². The first kappa shape index (κ1) is 21.1. The van der Waals surface area contributed by atoms with Crippen LogP contribution in [0.2, 0.25) is 0 Å². The van der Waals surface area contributed by atoms with E-state index in [1.165, 1.54) is 0 Å². The first-order valence-electron chi connectivity index (χ1n) is 8.00. The Bertz CT molecular complexity index is 767. The molecular formula is C21H23LiN2O. The van der Waals surface area contributed by atoms with Gasteiger partial charge < -0.3 is 9.79 Å². The van der Waals surface area contributed by atoms with E-state index in [2.05, 4.69) is 25.8 Å². The van der Waals surface area contributed by atoms with Gasteiger partial charge in [0.25, 0.3) is 0 Å². The van der Waals surface area contributed by atoms with E-state index in [1.54, 1.807) is 6.41 Å². The van der Waals surface area contributed by atoms with Crippen molar-refractivity contribution in [3.8, 4) is 0 Å². The number of carbonyl (C=O) groups excluding carboxylic acids is 1. The maximum absolute atomic E-state index is 11.0. The van der Waals surface area contributed by atoms with Gasteiger partial charge in [0.05, 0.1) is 12.1 Å². The van der Waals surface area contributed by atoms with Crippen LogP contribution < -0.4 is 18.9 Å². The molecule has 0 aliphatic rings. The first-order chi connectivity index (χ1) is 11.3. The molecule has 0 aliphatic heterocycles. The van der Waals surface area contributed by atoms with Gasteiger partial charge in [-0.25, -0.2) is 0 Å². The predicted octanol–water partition coefficient (Wildman–Crippen LogP) is 1.98. The van der Waals surface area contributed by atoms with E-state index in [-0.39, 0.29) is 24.3 Å². The molecule has 0 aliphatic carbocycles. The van der Waals surface area contributed by atoms with Gasteiger partial charge in [-0.2, -0.15) is 0 Å². The molecule has 0 bridgehead atoms. The van der Waals surface area contributed by atoms with Crippen LogP contribution in [-0.2, 0) is 4.79 Å². The number of amides is 1. The average molecular weight is 326 g/mol. The Morgan fingerprint density at radius 3 is 1.96 bits per heavy atom. The van der Waals surface area contributed by atoms with Crippen molar-refractivity contribution in [3.63, 3.8) is 0 Å². The number of hydrogen-bond donors (Lipinski definition) is 0. The number of benzene rings is 2. The molecule has 0 unspecified atom stereocenters. The van der Waals surface area contributed by atoms with Gasteiger partial charge in [-0.05, 0) is 36.1 Å². The third-order valence-corrected chi connectivity index (χ3v) is 3.80. The van der Waals surface area contributed by atoms with Crippen LogP contribution in [0.3, 0.4) is 0 Å². The summed E-state index contributed by atoms with van der Waals surface area (Å²) in [5.41, 5.74) is 5.05. The van der Waals surface area contributed by atoms with Crippen LogP contribution in [0, 0.1) is 19.3 Å². The summed E-state index contributed by atoms with van der Waals surface area (Å²) < 4.78 is 0. The van der Waals surface area contributed by atoms with Crippen LogP contribution >= 0.6 is 0 Å². The molecular weight excluding hydrogens is 303 g/mol. The number of para-hydroxylation sites is 1. The summed E-state index contributed by atoms with van der Waals surface area (Å²) in [6.07, 6.45) is 1.69. The second-order valence-electron chi connectivity index (χ2n) is 6.87. The Kier molecular flexibility index (Phi) is 7.54. The van der Waals surface area contributed by atoms with Gasteiger partial charge in [0, 0.05) is 0 Å². The van der Waals surface area contributed by atoms with E-state index in [0.717, 1.165) is 28.1 Å². The monoisotopic (exact) mass is 326 g/mol. The summed E-state index contributed by atoms with van der Waals surface area (Å²) in [7, 11) is 0. The summed E-state index contributed by atoms with van der Waals surface area (Å²) >= 11 is 0. The summed E-state index contributed by atoms with van der Waals surface area (Å²) in [4.78, 5) is 20.0. The minimum absolute atomic E-state index is 0. The standard InChI is InChI=1S/C21H23N2O.Li/c1-15-10-9-11-16(2)18(15)23-20(21(3,4)5)19(22-14-24)17-12-7-6-8-13-17;/h6-13H,1-5H3;/q-1;+1. The SMILES string of the molecule is Cc1cccc(C)c1N=C(C(=N[C-]=O)c1ccccc1)C(C)(C)C.[Li+]. The van der Waals surface area contributed by atoms with Crippen molar-refractivity contribution in [2.45, 2.75) is 34.6 Å². The molecule has 0 spiro atoms. The van der Waals surface area contributed by atoms with Crippen LogP contribution in [-0.4, -0.2) is 17.8 Å². The molecule has 4 heteroatoms. The van der Waals surface area contributed by atoms with Gasteiger partial charge in [0.15, 0.2) is 0 Å². The van der Waals surface area contributed by atoms with Gasteiger partial charge in [0.2, 0.25) is 0 Å². The number of rotatable bonds is 4. The molecule has 0 fully saturated rings. The Morgan fingerprint density at radius 2 is 1.48 bits per heavy atom. The number of nitrogens with zero attached hydrogens (tertiary/aromatic N) is 2. The number of aryl methyl sites for hydroxylation is 2. The van der Waals surface area contributed by atoms with E-state index in [1.807, 2.05) is 62.4 Å². The Hall–Kier alpha value is -1.95. The quantitative estimate of drug-likeness (QED) is 0.481. The van der Waals surface area contributed by atoms with Gasteiger partial charge >= 0.3 is 18.9 Å². The van der Waals surface area contributed by atoms with Crippen molar-refractivity contribution in [1.29, 1.82) is 0 Å². The normalized spacial score (nSPS) is 12.5. The van der Waals surface area contributed by atoms with Crippen molar-refractivity contribution < 1.29 is 23.7 Å². The smallest absolute Gasteiger partial charge is 0.410 e. The van der Waals surface area contributed by atoms with Gasteiger partial charge in [-0.3, -0.25) is 4.99 Å². The summed E-state index contributed by atoms with van der Waals surface area (Å²) in [5, 5.41) is 0. The zero-order chi connectivity index (χ0) is 17.7. The molecule has 1 amide bonds. The van der Waals surface area contributed by atoms with Gasteiger partial charge in [-0.1, -0.05) is 80.6 Å². The molecule has 3 nitrogen and oxygen atoms in total. The zero-order valence-electron chi connectivity index (χ0n) is 15.9. The topological polar surface area (TPSA) is 41.8 Å². The van der Waals surface area contributed by atoms with Crippen LogP contribution in [0.1, 0.15) is 37.5 Å². The Balaban J connectivity index is 0.00000312. The molecule has 124 valence electrons. The van der Waals surface area contributed by atoms with E-state index in [4.69, 9.17) is 4.99 Å². The fourth-order valence-corrected chi connectivity index (χ4v) is 2.57. The molecule has 0 saturated heterocycles. The first-order valence-corrected chi connectivity index (χ1v) is 8.00. The minimum atomic E-state index is -0.278. The fourth-order valence-electron chi connectivity index (χ4n) is 2.57. The zero-order valence-corrected chi connectivity index (χ0v) is 15.9. The summed E-state index contributed by atoms with van der Waals surface area (Å²) in [6, 6.07) is 15.7. The minimum Gasteiger partial charge on any atom is -0.410 e. The molecule has 25 heavy (non-hydrogen) atoms. The van der Waals surface area contributed by atoms with Crippen LogP contribution in [0.4, 0.5) is 5.69 Å². The molecule has 2 aromatic carbocycles. The number of aliphatic imine (C=N–C) groups is 2. The predicted molar refractivity (Wildman–Crippen MR) is 101 cm³/mol. The maximum atomic E-state index is 11.0. The van der Waals surface area contributed by atoms with Crippen molar-refractivity contribution in [3.05, 3.63) is 65.2 Å². The second-order valence-corrected chi connectivity index (χ2v) is 6.87. The third-order valence-electron chi connectivity index (χ3n) is 3.80. The Labute approximate surface area is 162 Å². The molecule has 0 atom stereocenters. The van der Waals surface area contributed by atoms with Gasteiger partial charge in [0.1, 0.15) is 0 Å². The Morgan fingerprint density at radius 1 is 0.920 bits per heavy atom. The largest absolute Gasteiger partial charge is 1.00 e. The van der Waals surface area contributed by atoms with Crippen LogP contribution in [0.25, 0.3) is 0 Å². The molecule has 0 radical (unpaired) electrons. The number of hydrogen-bond acceptors (Lipinski definition) is 2. The van der Waals surface area contributed by atoms with E-state index in [0.29, 0.717) is 5.71 Å². The van der Waals surface area contributed by atoms with Crippen molar-refractivity contribution in [2.24, 2.45) is 15.4 Å². The molecule has 0 aromatic heterocycles. The van der Waals surface area contributed by atoms with Crippen molar-refractivity contribution in [1.82, 2.24) is 0 Å². The van der Waals surface area contributed by atoms with Crippen LogP contribution in [0.15, 0.2) is 58.5 Å². The molecule has 0 saturated carbocycles. The average Bonchev–Trinajstić information content (AvgIpc) is 2.53. The molecule has 0 heterocycles. The van der Waals surface area contributed by atoms with Gasteiger partial charge in [-0.15, -0.1) is 0 Å². The van der Waals surface area contributed by atoms with E-state index in [9.17, 15) is 4.79 Å². The third kappa shape index (κ3) is 5.26. The fraction of sp³-hybridized carbons (Fsp3) is 0.286. The summed E-state index contributed by atoms with van der Waals surface area (Å²) in [5.74, 6) is 0. The van der Waals surface area contributed by atoms with E-state index >= 15 is 0 Å². The molecule has 2 aromatic rings. The van der Waals surface area contributed by atoms with Crippen LogP contribution in [0.5, 0.6) is 0 Å². The van der Waals surface area contributed by atoms with Crippen molar-refractivity contribution in [2.75, 3.05) is 0 Å². The second kappa shape index (κ2) is 8.94. The molecule has 0 N–H and O–H groups in total. The summed E-state index contributed by atoms with van der Waals surface area (Å²) in [6.45, 7) is 10.3. The maximum Gasteiger partial charge on any atom is 1.00 e.